The quantitative estimate of drug-likeness (QED) is 0.536. The summed E-state index contributed by atoms with van der Waals surface area (Å²) in [6.07, 6.45) is 2.75. The second kappa shape index (κ2) is 10.9. The van der Waals surface area contributed by atoms with Gasteiger partial charge in [-0.15, -0.1) is 5.10 Å². The van der Waals surface area contributed by atoms with E-state index in [1.807, 2.05) is 47.4 Å². The Morgan fingerprint density at radius 2 is 1.64 bits per heavy atom. The summed E-state index contributed by atoms with van der Waals surface area (Å²) < 4.78 is 1.66. The van der Waals surface area contributed by atoms with Gasteiger partial charge in [0.15, 0.2) is 5.69 Å². The van der Waals surface area contributed by atoms with Crippen LogP contribution in [0.2, 0.25) is 0 Å². The Morgan fingerprint density at radius 3 is 2.36 bits per heavy atom. The molecule has 0 bridgehead atoms. The lowest BCUT2D eigenvalue weighted by Gasteiger charge is -2.31. The van der Waals surface area contributed by atoms with Crippen LogP contribution in [0.15, 0.2) is 60.8 Å². The molecule has 0 unspecified atom stereocenters. The van der Waals surface area contributed by atoms with Crippen LogP contribution in [0.5, 0.6) is 0 Å². The highest BCUT2D eigenvalue weighted by atomic mass is 16.2. The Hall–Kier alpha value is -3.52. The van der Waals surface area contributed by atoms with Gasteiger partial charge in [-0.05, 0) is 30.2 Å². The Labute approximate surface area is 194 Å². The molecule has 33 heavy (non-hydrogen) atoms. The molecule has 2 aromatic carbocycles. The van der Waals surface area contributed by atoms with Crippen LogP contribution in [0.3, 0.4) is 0 Å². The molecular formula is C25H30N6O2. The zero-order valence-corrected chi connectivity index (χ0v) is 19.0. The number of aryl methyl sites for hydroxylation is 1. The third kappa shape index (κ3) is 6.26. The maximum Gasteiger partial charge on any atom is 0.276 e. The number of nitrogens with zero attached hydrogens (tertiary/aromatic N) is 5. The fraction of sp³-hybridized carbons (Fsp3) is 0.360. The van der Waals surface area contributed by atoms with Gasteiger partial charge in [0.2, 0.25) is 5.91 Å². The summed E-state index contributed by atoms with van der Waals surface area (Å²) in [5, 5.41) is 11.0. The van der Waals surface area contributed by atoms with Gasteiger partial charge < -0.3 is 15.1 Å². The number of hydrogen-bond acceptors (Lipinski definition) is 5. The Kier molecular flexibility index (Phi) is 7.47. The van der Waals surface area contributed by atoms with Gasteiger partial charge in [0.1, 0.15) is 0 Å². The Morgan fingerprint density at radius 1 is 0.939 bits per heavy atom. The molecule has 1 aromatic heterocycles. The summed E-state index contributed by atoms with van der Waals surface area (Å²) in [6, 6.07) is 18.3. The number of rotatable bonds is 8. The van der Waals surface area contributed by atoms with Crippen molar-refractivity contribution in [2.24, 2.45) is 0 Å². The molecular weight excluding hydrogens is 416 g/mol. The van der Waals surface area contributed by atoms with Gasteiger partial charge in [-0.2, -0.15) is 0 Å². The summed E-state index contributed by atoms with van der Waals surface area (Å²) in [5.41, 5.74) is 3.66. The standard InChI is InChI=1S/C25H30N6O2/c1-29-14-16-30(17-15-29)25(33)23-19-31(28-27-23)13-5-12-26-24(32)18-20-8-10-22(11-9-20)21-6-3-2-4-7-21/h2-4,6-11,19H,5,12-18H2,1H3,(H,26,32). The molecule has 1 aliphatic rings. The van der Waals surface area contributed by atoms with Crippen LogP contribution in [0.4, 0.5) is 0 Å². The zero-order valence-electron chi connectivity index (χ0n) is 19.0. The zero-order chi connectivity index (χ0) is 23.0. The molecule has 1 fully saturated rings. The van der Waals surface area contributed by atoms with Gasteiger partial charge in [-0.3, -0.25) is 14.3 Å². The first-order valence-electron chi connectivity index (χ1n) is 11.4. The van der Waals surface area contributed by atoms with E-state index in [1.165, 1.54) is 0 Å². The maximum absolute atomic E-state index is 12.5. The third-order valence-electron chi connectivity index (χ3n) is 5.86. The van der Waals surface area contributed by atoms with E-state index in [0.717, 1.165) is 29.8 Å². The van der Waals surface area contributed by atoms with E-state index in [2.05, 4.69) is 39.7 Å². The summed E-state index contributed by atoms with van der Waals surface area (Å²) in [7, 11) is 2.05. The van der Waals surface area contributed by atoms with Gasteiger partial charge in [0.25, 0.3) is 5.91 Å². The van der Waals surface area contributed by atoms with Gasteiger partial charge >= 0.3 is 0 Å². The molecule has 1 N–H and O–H groups in total. The normalized spacial score (nSPS) is 14.3. The summed E-state index contributed by atoms with van der Waals surface area (Å²) in [6.45, 7) is 4.30. The number of aromatic nitrogens is 3. The number of carbonyl (C=O) groups excluding carboxylic acids is 2. The molecule has 1 aliphatic heterocycles. The lowest BCUT2D eigenvalue weighted by atomic mass is 10.0. The number of nitrogens with one attached hydrogen (secondary N) is 1. The molecule has 2 heterocycles. The SMILES string of the molecule is CN1CCN(C(=O)c2cn(CCCNC(=O)Cc3ccc(-c4ccccc4)cc3)nn2)CC1. The lowest BCUT2D eigenvalue weighted by Crippen LogP contribution is -2.47. The van der Waals surface area contributed by atoms with E-state index in [4.69, 9.17) is 0 Å². The van der Waals surface area contributed by atoms with Crippen molar-refractivity contribution in [1.82, 2.24) is 30.1 Å². The molecule has 172 valence electrons. The number of piperazine rings is 1. The second-order valence-electron chi connectivity index (χ2n) is 8.41. The van der Waals surface area contributed by atoms with Crippen molar-refractivity contribution in [3.8, 4) is 11.1 Å². The third-order valence-corrected chi connectivity index (χ3v) is 5.86. The van der Waals surface area contributed by atoms with E-state index in [0.29, 0.717) is 44.7 Å². The monoisotopic (exact) mass is 446 g/mol. The van der Waals surface area contributed by atoms with Crippen LogP contribution in [0, 0.1) is 0 Å². The number of benzene rings is 2. The molecule has 4 rings (SSSR count). The van der Waals surface area contributed by atoms with Gasteiger partial charge in [-0.1, -0.05) is 59.8 Å². The topological polar surface area (TPSA) is 83.4 Å². The average Bonchev–Trinajstić information content (AvgIpc) is 3.32. The Balaban J connectivity index is 1.17. The van der Waals surface area contributed by atoms with Crippen LogP contribution in [0.25, 0.3) is 11.1 Å². The first-order valence-corrected chi connectivity index (χ1v) is 11.4. The van der Waals surface area contributed by atoms with E-state index in [-0.39, 0.29) is 11.8 Å². The van der Waals surface area contributed by atoms with Crippen LogP contribution in [0.1, 0.15) is 22.5 Å². The molecule has 0 aliphatic carbocycles. The molecule has 0 atom stereocenters. The minimum absolute atomic E-state index is 0.00742. The van der Waals surface area contributed by atoms with Crippen LogP contribution in [-0.2, 0) is 17.8 Å². The average molecular weight is 447 g/mol. The van der Waals surface area contributed by atoms with E-state index >= 15 is 0 Å². The molecule has 8 nitrogen and oxygen atoms in total. The maximum atomic E-state index is 12.5. The van der Waals surface area contributed by atoms with Crippen molar-refractivity contribution in [3.63, 3.8) is 0 Å². The summed E-state index contributed by atoms with van der Waals surface area (Å²) >= 11 is 0. The highest BCUT2D eigenvalue weighted by Gasteiger charge is 2.22. The highest BCUT2D eigenvalue weighted by molar-refractivity contribution is 5.92. The largest absolute Gasteiger partial charge is 0.356 e. The smallest absolute Gasteiger partial charge is 0.276 e. The van der Waals surface area contributed by atoms with E-state index < -0.39 is 0 Å². The summed E-state index contributed by atoms with van der Waals surface area (Å²) in [5.74, 6) is -0.0760. The van der Waals surface area contributed by atoms with Gasteiger partial charge in [0, 0.05) is 39.3 Å². The lowest BCUT2D eigenvalue weighted by molar-refractivity contribution is -0.120. The van der Waals surface area contributed by atoms with E-state index in [9.17, 15) is 9.59 Å². The van der Waals surface area contributed by atoms with Crippen molar-refractivity contribution in [2.75, 3.05) is 39.8 Å². The predicted molar refractivity (Wildman–Crippen MR) is 127 cm³/mol. The first-order chi connectivity index (χ1) is 16.1. The number of likely N-dealkylation sites (N-methyl/N-ethyl adjacent to an activating group) is 1. The van der Waals surface area contributed by atoms with Crippen molar-refractivity contribution < 1.29 is 9.59 Å². The second-order valence-corrected chi connectivity index (χ2v) is 8.41. The molecule has 0 radical (unpaired) electrons. The van der Waals surface area contributed by atoms with Crippen molar-refractivity contribution in [3.05, 3.63) is 72.1 Å². The van der Waals surface area contributed by atoms with Crippen LogP contribution >= 0.6 is 0 Å². The Bertz CT molecular complexity index is 1060. The first kappa shape index (κ1) is 22.7. The molecule has 2 amide bonds. The molecule has 1 saturated heterocycles. The summed E-state index contributed by atoms with van der Waals surface area (Å²) in [4.78, 5) is 28.8. The predicted octanol–water partition coefficient (Wildman–Crippen LogP) is 2.08. The van der Waals surface area contributed by atoms with Crippen molar-refractivity contribution >= 4 is 11.8 Å². The molecule has 8 heteroatoms. The molecule has 3 aromatic rings. The van der Waals surface area contributed by atoms with Gasteiger partial charge in [0.05, 0.1) is 12.6 Å². The van der Waals surface area contributed by atoms with Crippen molar-refractivity contribution in [2.45, 2.75) is 19.4 Å². The fourth-order valence-corrected chi connectivity index (χ4v) is 3.84. The van der Waals surface area contributed by atoms with Crippen molar-refractivity contribution in [1.29, 1.82) is 0 Å². The van der Waals surface area contributed by atoms with Gasteiger partial charge in [-0.25, -0.2) is 0 Å². The minimum atomic E-state index is -0.0686. The van der Waals surface area contributed by atoms with E-state index in [1.54, 1.807) is 10.9 Å². The van der Waals surface area contributed by atoms with Crippen LogP contribution < -0.4 is 5.32 Å². The molecule has 0 saturated carbocycles. The minimum Gasteiger partial charge on any atom is -0.356 e. The number of hydrogen-bond donors (Lipinski definition) is 1. The number of carbonyl (C=O) groups is 2. The molecule has 0 spiro atoms. The number of amides is 2. The fourth-order valence-electron chi connectivity index (χ4n) is 3.84. The van der Waals surface area contributed by atoms with Crippen LogP contribution in [-0.4, -0.2) is 76.4 Å². The highest BCUT2D eigenvalue weighted by Crippen LogP contribution is 2.19.